The van der Waals surface area contributed by atoms with Crippen LogP contribution >= 0.6 is 0 Å². The standard InChI is InChI=1S/C15H30N3O7/c1-6-15(7-2,12-24-16(20)21)9-8-13(19)10-14(25-17(22)23)11-18(3,4)5/h14H,6-12H2,1-5H3/q+1. The highest BCUT2D eigenvalue weighted by Gasteiger charge is 2.30. The normalized spacial score (nSPS) is 13.2. The SMILES string of the molecule is CCC(CC)(CCC(=O)CC(C[N+](C)(C)C)O[N+](=O)[O-])CO[N+](=O)[O-]. The Balaban J connectivity index is 4.75. The van der Waals surface area contributed by atoms with E-state index in [1.54, 1.807) is 0 Å². The summed E-state index contributed by atoms with van der Waals surface area (Å²) in [6.07, 6.45) is 1.02. The number of quaternary nitrogens is 1. The van der Waals surface area contributed by atoms with Gasteiger partial charge in [-0.1, -0.05) is 13.8 Å². The van der Waals surface area contributed by atoms with Crippen LogP contribution in [0, 0.1) is 25.6 Å². The minimum atomic E-state index is -0.874. The van der Waals surface area contributed by atoms with Crippen molar-refractivity contribution in [1.29, 1.82) is 0 Å². The largest absolute Gasteiger partial charge is 0.329 e. The number of nitrogens with zero attached hydrogens (tertiary/aromatic N) is 3. The number of carbonyl (C=O) groups is 1. The van der Waals surface area contributed by atoms with Gasteiger partial charge in [0, 0.05) is 12.8 Å². The van der Waals surface area contributed by atoms with Crippen molar-refractivity contribution in [3.8, 4) is 0 Å². The average molecular weight is 364 g/mol. The molecule has 0 spiro atoms. The highest BCUT2D eigenvalue weighted by Crippen LogP contribution is 2.33. The van der Waals surface area contributed by atoms with Gasteiger partial charge in [0.25, 0.3) is 10.2 Å². The molecule has 25 heavy (non-hydrogen) atoms. The third kappa shape index (κ3) is 10.5. The molecule has 10 heteroatoms. The zero-order valence-corrected chi connectivity index (χ0v) is 15.7. The van der Waals surface area contributed by atoms with Crippen LogP contribution in [0.2, 0.25) is 0 Å². The molecular weight excluding hydrogens is 334 g/mol. The third-order valence-electron chi connectivity index (χ3n) is 4.35. The van der Waals surface area contributed by atoms with Crippen molar-refractivity contribution in [1.82, 2.24) is 0 Å². The molecule has 10 nitrogen and oxygen atoms in total. The van der Waals surface area contributed by atoms with E-state index in [9.17, 15) is 25.0 Å². The lowest BCUT2D eigenvalue weighted by Gasteiger charge is -2.31. The van der Waals surface area contributed by atoms with E-state index in [4.69, 9.17) is 0 Å². The van der Waals surface area contributed by atoms with E-state index in [2.05, 4.69) is 9.68 Å². The predicted molar refractivity (Wildman–Crippen MR) is 89.6 cm³/mol. The molecule has 0 fully saturated rings. The van der Waals surface area contributed by atoms with Gasteiger partial charge in [0.15, 0.2) is 6.10 Å². The summed E-state index contributed by atoms with van der Waals surface area (Å²) in [7, 11) is 5.57. The van der Waals surface area contributed by atoms with Crippen molar-refractivity contribution in [3.05, 3.63) is 20.2 Å². The molecule has 0 aliphatic rings. The van der Waals surface area contributed by atoms with Gasteiger partial charge in [0.1, 0.15) is 18.9 Å². The van der Waals surface area contributed by atoms with Crippen LogP contribution in [-0.2, 0) is 14.5 Å². The summed E-state index contributed by atoms with van der Waals surface area (Å²) in [6, 6.07) is 0. The zero-order chi connectivity index (χ0) is 19.7. The lowest BCUT2D eigenvalue weighted by atomic mass is 9.78. The Labute approximate surface area is 147 Å². The second-order valence-corrected chi connectivity index (χ2v) is 7.37. The highest BCUT2D eigenvalue weighted by molar-refractivity contribution is 5.78. The number of hydrogen-bond acceptors (Lipinski definition) is 7. The first kappa shape index (κ1) is 23.0. The van der Waals surface area contributed by atoms with E-state index >= 15 is 0 Å². The fourth-order valence-electron chi connectivity index (χ4n) is 2.70. The molecule has 0 radical (unpaired) electrons. The van der Waals surface area contributed by atoms with Gasteiger partial charge in [-0.15, -0.1) is 20.2 Å². The first-order chi connectivity index (χ1) is 11.4. The third-order valence-corrected chi connectivity index (χ3v) is 4.35. The molecule has 0 bridgehead atoms. The summed E-state index contributed by atoms with van der Waals surface area (Å²) >= 11 is 0. The fourth-order valence-corrected chi connectivity index (χ4v) is 2.70. The lowest BCUT2D eigenvalue weighted by Crippen LogP contribution is -2.43. The second-order valence-electron chi connectivity index (χ2n) is 7.37. The Morgan fingerprint density at radius 3 is 2.08 bits per heavy atom. The number of carbonyl (C=O) groups excluding carboxylic acids is 1. The molecule has 1 atom stereocenters. The second kappa shape index (κ2) is 10.1. The van der Waals surface area contributed by atoms with Crippen molar-refractivity contribution in [2.45, 2.75) is 52.1 Å². The quantitative estimate of drug-likeness (QED) is 0.262. The Morgan fingerprint density at radius 2 is 1.68 bits per heavy atom. The van der Waals surface area contributed by atoms with Gasteiger partial charge >= 0.3 is 0 Å². The number of hydrogen-bond donors (Lipinski definition) is 0. The van der Waals surface area contributed by atoms with E-state index in [1.165, 1.54) is 0 Å². The van der Waals surface area contributed by atoms with Crippen LogP contribution in [0.25, 0.3) is 0 Å². The molecule has 0 rings (SSSR count). The van der Waals surface area contributed by atoms with Crippen molar-refractivity contribution < 1.29 is 29.1 Å². The van der Waals surface area contributed by atoms with Crippen molar-refractivity contribution in [2.75, 3.05) is 34.3 Å². The van der Waals surface area contributed by atoms with Crippen LogP contribution in [0.5, 0.6) is 0 Å². The van der Waals surface area contributed by atoms with E-state index in [0.29, 0.717) is 30.3 Å². The molecule has 146 valence electrons. The summed E-state index contributed by atoms with van der Waals surface area (Å²) in [5.41, 5.74) is -0.456. The molecular formula is C15H30N3O7+. The maximum absolute atomic E-state index is 12.3. The van der Waals surface area contributed by atoms with Crippen LogP contribution < -0.4 is 0 Å². The summed E-state index contributed by atoms with van der Waals surface area (Å²) in [6.45, 7) is 4.05. The Kier molecular flexibility index (Phi) is 9.32. The molecule has 0 aliphatic carbocycles. The summed E-state index contributed by atoms with van der Waals surface area (Å²) in [4.78, 5) is 42.5. The van der Waals surface area contributed by atoms with E-state index in [0.717, 1.165) is 0 Å². The first-order valence-corrected chi connectivity index (χ1v) is 8.33. The number of likely N-dealkylation sites (N-methyl/N-ethyl adjacent to an activating group) is 1. The monoisotopic (exact) mass is 364 g/mol. The van der Waals surface area contributed by atoms with Gasteiger partial charge in [-0.25, -0.2) is 0 Å². The van der Waals surface area contributed by atoms with Gasteiger partial charge < -0.3 is 14.2 Å². The van der Waals surface area contributed by atoms with Crippen LogP contribution in [0.15, 0.2) is 0 Å². The van der Waals surface area contributed by atoms with E-state index in [1.807, 2.05) is 35.0 Å². The molecule has 1 unspecified atom stereocenters. The summed E-state index contributed by atoms with van der Waals surface area (Å²) in [5, 5.41) is 19.3. The highest BCUT2D eigenvalue weighted by atomic mass is 17.0. The zero-order valence-electron chi connectivity index (χ0n) is 15.7. The molecule has 0 aromatic carbocycles. The number of rotatable bonds is 14. The maximum atomic E-state index is 12.3. The lowest BCUT2D eigenvalue weighted by molar-refractivity contribution is -0.885. The maximum Gasteiger partial charge on any atom is 0.295 e. The van der Waals surface area contributed by atoms with Gasteiger partial charge in [-0.05, 0) is 24.7 Å². The summed E-state index contributed by atoms with van der Waals surface area (Å²) < 4.78 is 0.427. The van der Waals surface area contributed by atoms with Crippen molar-refractivity contribution in [2.24, 2.45) is 5.41 Å². The fraction of sp³-hybridized carbons (Fsp3) is 0.933. The first-order valence-electron chi connectivity index (χ1n) is 8.33. The van der Waals surface area contributed by atoms with Gasteiger partial charge in [0.05, 0.1) is 21.1 Å². The topological polar surface area (TPSA) is 122 Å². The molecule has 0 aliphatic heterocycles. The average Bonchev–Trinajstić information content (AvgIpc) is 2.45. The smallest absolute Gasteiger partial charge is 0.295 e. The Hall–Kier alpha value is -1.97. The van der Waals surface area contributed by atoms with E-state index in [-0.39, 0.29) is 25.2 Å². The summed E-state index contributed by atoms with van der Waals surface area (Å²) in [5.74, 6) is -0.160. The van der Waals surface area contributed by atoms with Crippen LogP contribution in [0.1, 0.15) is 46.0 Å². The molecule has 0 heterocycles. The van der Waals surface area contributed by atoms with Crippen LogP contribution in [0.3, 0.4) is 0 Å². The van der Waals surface area contributed by atoms with Crippen molar-refractivity contribution in [3.63, 3.8) is 0 Å². The molecule has 0 aromatic rings. The number of ketones is 1. The van der Waals surface area contributed by atoms with E-state index < -0.39 is 21.7 Å². The molecule has 0 amide bonds. The van der Waals surface area contributed by atoms with Crippen molar-refractivity contribution >= 4 is 5.78 Å². The molecule has 0 saturated heterocycles. The number of Topliss-reactive ketones (excluding diaryl/α,β-unsaturated/α-hetero) is 1. The molecule has 0 aromatic heterocycles. The minimum Gasteiger partial charge on any atom is -0.329 e. The Bertz CT molecular complexity index is 459. The minimum absolute atomic E-state index is 0.0594. The predicted octanol–water partition coefficient (Wildman–Crippen LogP) is 2.02. The Morgan fingerprint density at radius 1 is 1.12 bits per heavy atom. The van der Waals surface area contributed by atoms with Gasteiger partial charge in [-0.3, -0.25) is 4.79 Å². The molecule has 0 N–H and O–H groups in total. The van der Waals surface area contributed by atoms with Gasteiger partial charge in [0.2, 0.25) is 0 Å². The van der Waals surface area contributed by atoms with Crippen LogP contribution in [-0.4, -0.2) is 60.8 Å². The van der Waals surface area contributed by atoms with Gasteiger partial charge in [-0.2, -0.15) is 0 Å². The van der Waals surface area contributed by atoms with Crippen LogP contribution in [0.4, 0.5) is 0 Å². The molecule has 0 saturated carbocycles.